The van der Waals surface area contributed by atoms with Crippen LogP contribution in [0.1, 0.15) is 30.6 Å². The van der Waals surface area contributed by atoms with Crippen LogP contribution < -0.4 is 5.32 Å². The number of rotatable bonds is 6. The number of nitrogens with zero attached hydrogens (tertiary/aromatic N) is 1. The van der Waals surface area contributed by atoms with Crippen molar-refractivity contribution in [1.82, 2.24) is 10.3 Å². The first kappa shape index (κ1) is 17.0. The van der Waals surface area contributed by atoms with Gasteiger partial charge in [0.05, 0.1) is 18.3 Å². The number of pyridine rings is 1. The molecule has 1 aromatic heterocycles. The maximum atomic E-state index is 13.0. The molecule has 23 heavy (non-hydrogen) atoms. The third kappa shape index (κ3) is 5.10. The van der Waals surface area contributed by atoms with Crippen LogP contribution in [0.3, 0.4) is 0 Å². The average molecular weight is 320 g/mol. The maximum absolute atomic E-state index is 13.0. The van der Waals surface area contributed by atoms with Crippen molar-refractivity contribution < 1.29 is 18.7 Å². The summed E-state index contributed by atoms with van der Waals surface area (Å²) in [6.45, 7) is 1.66. The first-order valence-electron chi connectivity index (χ1n) is 7.28. The summed E-state index contributed by atoms with van der Waals surface area (Å²) in [5, 5.41) is 12.8. The lowest BCUT2D eigenvalue weighted by molar-refractivity contribution is -0.122. The number of aromatic nitrogens is 1. The Labute approximate surface area is 133 Å². The van der Waals surface area contributed by atoms with Gasteiger partial charge < -0.3 is 10.4 Å². The zero-order chi connectivity index (χ0) is 16.8. The van der Waals surface area contributed by atoms with Crippen LogP contribution in [0.2, 0.25) is 0 Å². The van der Waals surface area contributed by atoms with Crippen LogP contribution in [0.15, 0.2) is 42.7 Å². The number of carbonyl (C=O) groups excluding carboxylic acids is 1. The Hall–Kier alpha value is -2.34. The van der Waals surface area contributed by atoms with Gasteiger partial charge in [-0.15, -0.1) is 0 Å². The van der Waals surface area contributed by atoms with Crippen molar-refractivity contribution in [2.75, 3.05) is 0 Å². The Morgan fingerprint density at radius 3 is 2.57 bits per heavy atom. The molecule has 0 fully saturated rings. The minimum atomic E-state index is -0.935. The fourth-order valence-electron chi connectivity index (χ4n) is 2.20. The molecule has 122 valence electrons. The highest BCUT2D eigenvalue weighted by atomic mass is 19.1. The smallest absolute Gasteiger partial charge is 0.220 e. The number of hydrogen-bond donors (Lipinski definition) is 2. The van der Waals surface area contributed by atoms with Crippen molar-refractivity contribution in [3.8, 4) is 0 Å². The van der Waals surface area contributed by atoms with Crippen molar-refractivity contribution in [1.29, 1.82) is 0 Å². The van der Waals surface area contributed by atoms with Gasteiger partial charge in [-0.1, -0.05) is 12.1 Å². The molecule has 1 heterocycles. The highest BCUT2D eigenvalue weighted by molar-refractivity contribution is 5.76. The number of aryl methyl sites for hydroxylation is 1. The third-order valence-electron chi connectivity index (χ3n) is 3.48. The van der Waals surface area contributed by atoms with Crippen LogP contribution in [-0.4, -0.2) is 22.0 Å². The normalized spacial score (nSPS) is 13.4. The SMILES string of the molecule is CC(NC(=O)CCc1cncc(F)c1)C(O)c1ccc(F)cc1. The van der Waals surface area contributed by atoms with Gasteiger partial charge in [0.1, 0.15) is 11.6 Å². The predicted molar refractivity (Wildman–Crippen MR) is 81.5 cm³/mol. The highest BCUT2D eigenvalue weighted by Crippen LogP contribution is 2.17. The van der Waals surface area contributed by atoms with Gasteiger partial charge >= 0.3 is 0 Å². The summed E-state index contributed by atoms with van der Waals surface area (Å²) in [5.74, 6) is -1.09. The molecule has 2 N–H and O–H groups in total. The van der Waals surface area contributed by atoms with E-state index >= 15 is 0 Å². The van der Waals surface area contributed by atoms with E-state index in [-0.39, 0.29) is 18.1 Å². The standard InChI is InChI=1S/C17H18F2N2O2/c1-11(17(23)13-3-5-14(18)6-4-13)21-16(22)7-2-12-8-15(19)10-20-9-12/h3-6,8-11,17,23H,2,7H2,1H3,(H,21,22). The van der Waals surface area contributed by atoms with Crippen molar-refractivity contribution in [2.45, 2.75) is 31.9 Å². The summed E-state index contributed by atoms with van der Waals surface area (Å²) in [4.78, 5) is 15.6. The molecule has 0 aliphatic heterocycles. The fourth-order valence-corrected chi connectivity index (χ4v) is 2.20. The van der Waals surface area contributed by atoms with Crippen molar-refractivity contribution in [3.05, 3.63) is 65.5 Å². The lowest BCUT2D eigenvalue weighted by Crippen LogP contribution is -2.37. The molecule has 0 bridgehead atoms. The average Bonchev–Trinajstić information content (AvgIpc) is 2.53. The van der Waals surface area contributed by atoms with Gasteiger partial charge in [0.15, 0.2) is 0 Å². The second-order valence-corrected chi connectivity index (χ2v) is 5.36. The Morgan fingerprint density at radius 2 is 1.91 bits per heavy atom. The van der Waals surface area contributed by atoms with E-state index in [1.807, 2.05) is 0 Å². The Bertz CT molecular complexity index is 662. The fraction of sp³-hybridized carbons (Fsp3) is 0.294. The quantitative estimate of drug-likeness (QED) is 0.860. The molecule has 2 unspecified atom stereocenters. The number of carbonyl (C=O) groups is 1. The molecule has 0 aliphatic rings. The second kappa shape index (κ2) is 7.78. The zero-order valence-electron chi connectivity index (χ0n) is 12.7. The first-order chi connectivity index (χ1) is 11.0. The Kier molecular flexibility index (Phi) is 5.76. The summed E-state index contributed by atoms with van der Waals surface area (Å²) < 4.78 is 25.9. The van der Waals surface area contributed by atoms with Gasteiger partial charge in [-0.3, -0.25) is 9.78 Å². The number of benzene rings is 1. The number of aliphatic hydroxyl groups is 1. The number of hydrogen-bond acceptors (Lipinski definition) is 3. The molecule has 2 atom stereocenters. The summed E-state index contributed by atoms with van der Waals surface area (Å²) in [5.41, 5.74) is 1.15. The summed E-state index contributed by atoms with van der Waals surface area (Å²) in [6, 6.07) is 6.26. The number of aliphatic hydroxyl groups excluding tert-OH is 1. The molecule has 0 saturated heterocycles. The lowest BCUT2D eigenvalue weighted by Gasteiger charge is -2.20. The molecule has 0 saturated carbocycles. The maximum Gasteiger partial charge on any atom is 0.220 e. The molecular formula is C17H18F2N2O2. The van der Waals surface area contributed by atoms with Crippen molar-refractivity contribution >= 4 is 5.91 Å². The number of amides is 1. The van der Waals surface area contributed by atoms with Gasteiger partial charge in [-0.05, 0) is 42.7 Å². The minimum absolute atomic E-state index is 0.158. The van der Waals surface area contributed by atoms with Crippen LogP contribution in [0.25, 0.3) is 0 Å². The van der Waals surface area contributed by atoms with Crippen molar-refractivity contribution in [2.24, 2.45) is 0 Å². The Balaban J connectivity index is 1.85. The largest absolute Gasteiger partial charge is 0.386 e. The van der Waals surface area contributed by atoms with Crippen LogP contribution in [0.5, 0.6) is 0 Å². The van der Waals surface area contributed by atoms with E-state index in [2.05, 4.69) is 10.3 Å². The molecule has 2 rings (SSSR count). The second-order valence-electron chi connectivity index (χ2n) is 5.36. The van der Waals surface area contributed by atoms with Crippen LogP contribution >= 0.6 is 0 Å². The van der Waals surface area contributed by atoms with Crippen LogP contribution in [0, 0.1) is 11.6 Å². The molecule has 0 spiro atoms. The Morgan fingerprint density at radius 1 is 1.22 bits per heavy atom. The van der Waals surface area contributed by atoms with Gasteiger partial charge in [-0.25, -0.2) is 8.78 Å². The van der Waals surface area contributed by atoms with E-state index in [0.29, 0.717) is 17.5 Å². The van der Waals surface area contributed by atoms with Gasteiger partial charge in [0.2, 0.25) is 5.91 Å². The molecule has 2 aromatic rings. The van der Waals surface area contributed by atoms with E-state index < -0.39 is 18.0 Å². The van der Waals surface area contributed by atoms with E-state index in [1.165, 1.54) is 36.5 Å². The summed E-state index contributed by atoms with van der Waals surface area (Å²) in [7, 11) is 0. The molecule has 1 aromatic carbocycles. The van der Waals surface area contributed by atoms with Crippen molar-refractivity contribution in [3.63, 3.8) is 0 Å². The summed E-state index contributed by atoms with van der Waals surface area (Å²) in [6.07, 6.45) is 2.19. The minimum Gasteiger partial charge on any atom is -0.386 e. The molecule has 0 radical (unpaired) electrons. The molecule has 6 heteroatoms. The van der Waals surface area contributed by atoms with Crippen LogP contribution in [0.4, 0.5) is 8.78 Å². The molecule has 1 amide bonds. The van der Waals surface area contributed by atoms with E-state index in [4.69, 9.17) is 0 Å². The monoisotopic (exact) mass is 320 g/mol. The topological polar surface area (TPSA) is 62.2 Å². The van der Waals surface area contributed by atoms with Gasteiger partial charge in [0, 0.05) is 12.6 Å². The number of halogens is 2. The predicted octanol–water partition coefficient (Wildman–Crippen LogP) is 2.53. The molecule has 0 aliphatic carbocycles. The van der Waals surface area contributed by atoms with E-state index in [1.54, 1.807) is 6.92 Å². The first-order valence-corrected chi connectivity index (χ1v) is 7.28. The van der Waals surface area contributed by atoms with Gasteiger partial charge in [0.25, 0.3) is 0 Å². The van der Waals surface area contributed by atoms with Gasteiger partial charge in [-0.2, -0.15) is 0 Å². The number of nitrogens with one attached hydrogen (secondary N) is 1. The molecule has 4 nitrogen and oxygen atoms in total. The van der Waals surface area contributed by atoms with E-state index in [0.717, 1.165) is 6.20 Å². The summed E-state index contributed by atoms with van der Waals surface area (Å²) >= 11 is 0. The third-order valence-corrected chi connectivity index (χ3v) is 3.48. The lowest BCUT2D eigenvalue weighted by atomic mass is 10.0. The zero-order valence-corrected chi connectivity index (χ0v) is 12.7. The molecular weight excluding hydrogens is 302 g/mol. The highest BCUT2D eigenvalue weighted by Gasteiger charge is 2.18. The van der Waals surface area contributed by atoms with E-state index in [9.17, 15) is 18.7 Å². The van der Waals surface area contributed by atoms with Crippen LogP contribution in [-0.2, 0) is 11.2 Å².